The van der Waals surface area contributed by atoms with Crippen molar-refractivity contribution in [2.75, 3.05) is 66.1 Å². The first-order valence-corrected chi connectivity index (χ1v) is 12.2. The Hall–Kier alpha value is -1.14. The molecule has 0 radical (unpaired) electrons. The van der Waals surface area contributed by atoms with Gasteiger partial charge in [-0.1, -0.05) is 18.6 Å². The SMILES string of the molecule is COc1cccc(CN2CCN3CC(COCCCN4CCCCC4)CCC3C2)c1. The van der Waals surface area contributed by atoms with Crippen LogP contribution in [0.4, 0.5) is 0 Å². The summed E-state index contributed by atoms with van der Waals surface area (Å²) < 4.78 is 11.5. The Morgan fingerprint density at radius 3 is 2.73 bits per heavy atom. The molecule has 1 aromatic rings. The fraction of sp³-hybridized carbons (Fsp3) is 0.760. The molecule has 0 amide bonds. The molecule has 0 spiro atoms. The molecule has 2 unspecified atom stereocenters. The number of hydrogen-bond donors (Lipinski definition) is 0. The van der Waals surface area contributed by atoms with Crippen molar-refractivity contribution < 1.29 is 9.47 Å². The van der Waals surface area contributed by atoms with E-state index in [0.29, 0.717) is 0 Å². The van der Waals surface area contributed by atoms with E-state index in [9.17, 15) is 0 Å². The molecular weight excluding hydrogens is 374 g/mol. The van der Waals surface area contributed by atoms with Crippen molar-refractivity contribution in [3.8, 4) is 5.75 Å². The zero-order valence-electron chi connectivity index (χ0n) is 18.9. The normalized spacial score (nSPS) is 26.4. The fourth-order valence-corrected chi connectivity index (χ4v) is 5.45. The molecule has 1 aromatic carbocycles. The predicted octanol–water partition coefficient (Wildman–Crippen LogP) is 3.48. The molecule has 3 heterocycles. The lowest BCUT2D eigenvalue weighted by Gasteiger charge is -2.46. The van der Waals surface area contributed by atoms with Gasteiger partial charge in [0.05, 0.1) is 13.7 Å². The maximum Gasteiger partial charge on any atom is 0.119 e. The summed E-state index contributed by atoms with van der Waals surface area (Å²) in [4.78, 5) is 7.96. The van der Waals surface area contributed by atoms with Gasteiger partial charge in [0, 0.05) is 51.9 Å². The number of likely N-dealkylation sites (tertiary alicyclic amines) is 1. The van der Waals surface area contributed by atoms with Gasteiger partial charge in [-0.2, -0.15) is 0 Å². The highest BCUT2D eigenvalue weighted by Crippen LogP contribution is 2.26. The molecular formula is C25H41N3O2. The lowest BCUT2D eigenvalue weighted by atomic mass is 9.91. The van der Waals surface area contributed by atoms with Gasteiger partial charge in [0.1, 0.15) is 5.75 Å². The van der Waals surface area contributed by atoms with Crippen LogP contribution in [0.25, 0.3) is 0 Å². The summed E-state index contributed by atoms with van der Waals surface area (Å²) in [7, 11) is 1.74. The van der Waals surface area contributed by atoms with Crippen molar-refractivity contribution in [2.24, 2.45) is 5.92 Å². The second-order valence-electron chi connectivity index (χ2n) is 9.51. The molecule has 3 aliphatic rings. The highest BCUT2D eigenvalue weighted by Gasteiger charge is 2.32. The van der Waals surface area contributed by atoms with Crippen LogP contribution in [0.15, 0.2) is 24.3 Å². The van der Waals surface area contributed by atoms with E-state index in [1.807, 2.05) is 6.07 Å². The molecule has 0 N–H and O–H groups in total. The van der Waals surface area contributed by atoms with Crippen molar-refractivity contribution in [2.45, 2.75) is 51.1 Å². The van der Waals surface area contributed by atoms with Crippen LogP contribution < -0.4 is 4.74 Å². The van der Waals surface area contributed by atoms with Gasteiger partial charge >= 0.3 is 0 Å². The third-order valence-electron chi connectivity index (χ3n) is 7.20. The van der Waals surface area contributed by atoms with Crippen LogP contribution in [0, 0.1) is 5.92 Å². The average Bonchev–Trinajstić information content (AvgIpc) is 2.79. The first-order chi connectivity index (χ1) is 14.8. The Bertz CT molecular complexity index is 635. The van der Waals surface area contributed by atoms with Crippen LogP contribution >= 0.6 is 0 Å². The summed E-state index contributed by atoms with van der Waals surface area (Å²) in [6.07, 6.45) is 8.02. The minimum absolute atomic E-state index is 0.722. The first kappa shape index (κ1) is 22.1. The lowest BCUT2D eigenvalue weighted by molar-refractivity contribution is -0.00317. The molecule has 2 atom stereocenters. The summed E-state index contributed by atoms with van der Waals surface area (Å²) in [5.74, 6) is 1.68. The van der Waals surface area contributed by atoms with Crippen molar-refractivity contribution >= 4 is 0 Å². The van der Waals surface area contributed by atoms with Gasteiger partial charge in [-0.25, -0.2) is 0 Å². The minimum Gasteiger partial charge on any atom is -0.497 e. The molecule has 3 saturated heterocycles. The molecule has 4 rings (SSSR count). The summed E-state index contributed by atoms with van der Waals surface area (Å²) >= 11 is 0. The number of fused-ring (bicyclic) bond motifs is 1. The zero-order chi connectivity index (χ0) is 20.6. The Morgan fingerprint density at radius 2 is 1.87 bits per heavy atom. The topological polar surface area (TPSA) is 28.2 Å². The van der Waals surface area contributed by atoms with Crippen LogP contribution in [0.2, 0.25) is 0 Å². The number of piperazine rings is 1. The number of nitrogens with zero attached hydrogens (tertiary/aromatic N) is 3. The smallest absolute Gasteiger partial charge is 0.119 e. The summed E-state index contributed by atoms with van der Waals surface area (Å²) in [5.41, 5.74) is 1.36. The Labute approximate surface area is 183 Å². The van der Waals surface area contributed by atoms with Gasteiger partial charge in [-0.15, -0.1) is 0 Å². The molecule has 3 aliphatic heterocycles. The molecule has 0 bridgehead atoms. The molecule has 30 heavy (non-hydrogen) atoms. The van der Waals surface area contributed by atoms with Gasteiger partial charge in [0.15, 0.2) is 0 Å². The average molecular weight is 416 g/mol. The summed E-state index contributed by atoms with van der Waals surface area (Å²) in [6, 6.07) is 9.24. The van der Waals surface area contributed by atoms with Gasteiger partial charge in [0.2, 0.25) is 0 Å². The van der Waals surface area contributed by atoms with Gasteiger partial charge in [-0.05, 0) is 68.8 Å². The predicted molar refractivity (Wildman–Crippen MR) is 122 cm³/mol. The number of methoxy groups -OCH3 is 1. The van der Waals surface area contributed by atoms with Gasteiger partial charge < -0.3 is 14.4 Å². The van der Waals surface area contributed by atoms with E-state index in [4.69, 9.17) is 9.47 Å². The van der Waals surface area contributed by atoms with E-state index in [2.05, 4.69) is 32.9 Å². The van der Waals surface area contributed by atoms with Crippen LogP contribution in [-0.4, -0.2) is 86.9 Å². The van der Waals surface area contributed by atoms with E-state index in [1.165, 1.54) is 83.4 Å². The quantitative estimate of drug-likeness (QED) is 0.576. The van der Waals surface area contributed by atoms with E-state index in [0.717, 1.165) is 44.0 Å². The van der Waals surface area contributed by atoms with E-state index >= 15 is 0 Å². The molecule has 0 aliphatic carbocycles. The standard InChI is InChI=1S/C25H41N3O2/c1-29-25-8-5-7-22(17-25)18-27-14-15-28-19-23(9-10-24(28)20-27)21-30-16-6-13-26-11-3-2-4-12-26/h5,7-8,17,23-24H,2-4,6,9-16,18-21H2,1H3. The third-order valence-corrected chi connectivity index (χ3v) is 7.20. The largest absolute Gasteiger partial charge is 0.497 e. The number of rotatable bonds is 9. The Morgan fingerprint density at radius 1 is 0.967 bits per heavy atom. The fourth-order valence-electron chi connectivity index (χ4n) is 5.45. The van der Waals surface area contributed by atoms with Crippen molar-refractivity contribution in [3.05, 3.63) is 29.8 Å². The van der Waals surface area contributed by atoms with E-state index in [-0.39, 0.29) is 0 Å². The Balaban J connectivity index is 1.12. The zero-order valence-corrected chi connectivity index (χ0v) is 18.9. The second kappa shape index (κ2) is 11.5. The monoisotopic (exact) mass is 415 g/mol. The van der Waals surface area contributed by atoms with Crippen LogP contribution in [0.3, 0.4) is 0 Å². The number of ether oxygens (including phenoxy) is 2. The maximum absolute atomic E-state index is 6.09. The summed E-state index contributed by atoms with van der Waals surface area (Å²) in [6.45, 7) is 11.5. The van der Waals surface area contributed by atoms with E-state index < -0.39 is 0 Å². The molecule has 3 fully saturated rings. The number of benzene rings is 1. The molecule has 5 nitrogen and oxygen atoms in total. The van der Waals surface area contributed by atoms with E-state index in [1.54, 1.807) is 7.11 Å². The lowest BCUT2D eigenvalue weighted by Crippen LogP contribution is -2.56. The highest BCUT2D eigenvalue weighted by molar-refractivity contribution is 5.28. The van der Waals surface area contributed by atoms with Crippen LogP contribution in [0.1, 0.15) is 44.1 Å². The Kier molecular flexibility index (Phi) is 8.44. The minimum atomic E-state index is 0.722. The van der Waals surface area contributed by atoms with Gasteiger partial charge in [-0.3, -0.25) is 9.80 Å². The van der Waals surface area contributed by atoms with Crippen LogP contribution in [-0.2, 0) is 11.3 Å². The van der Waals surface area contributed by atoms with Crippen molar-refractivity contribution in [3.63, 3.8) is 0 Å². The third kappa shape index (κ3) is 6.43. The number of hydrogen-bond acceptors (Lipinski definition) is 5. The molecule has 0 saturated carbocycles. The molecule has 0 aromatic heterocycles. The van der Waals surface area contributed by atoms with Crippen LogP contribution in [0.5, 0.6) is 5.75 Å². The summed E-state index contributed by atoms with van der Waals surface area (Å²) in [5, 5.41) is 0. The molecule has 168 valence electrons. The first-order valence-electron chi connectivity index (χ1n) is 12.2. The second-order valence-corrected chi connectivity index (χ2v) is 9.51. The van der Waals surface area contributed by atoms with Gasteiger partial charge in [0.25, 0.3) is 0 Å². The van der Waals surface area contributed by atoms with Crippen molar-refractivity contribution in [1.82, 2.24) is 14.7 Å². The maximum atomic E-state index is 6.09. The molecule has 5 heteroatoms. The van der Waals surface area contributed by atoms with Crippen molar-refractivity contribution in [1.29, 1.82) is 0 Å². The number of piperidine rings is 2. The highest BCUT2D eigenvalue weighted by atomic mass is 16.5.